The van der Waals surface area contributed by atoms with E-state index in [0.717, 1.165) is 49.0 Å². The molecule has 2 rings (SSSR count). The van der Waals surface area contributed by atoms with Gasteiger partial charge in [0.25, 0.3) is 0 Å². The number of ketones is 1. The predicted molar refractivity (Wildman–Crippen MR) is 148 cm³/mol. The van der Waals surface area contributed by atoms with Crippen LogP contribution in [0, 0.1) is 24.2 Å². The lowest BCUT2D eigenvalue weighted by Gasteiger charge is -2.32. The zero-order chi connectivity index (χ0) is 26.0. The zero-order valence-corrected chi connectivity index (χ0v) is 23.0. The number of aldehydes is 1. The Morgan fingerprint density at radius 3 is 2.71 bits per heavy atom. The molecule has 1 heterocycles. The Hall–Kier alpha value is -2.11. The SMILES string of the molecule is C=CCC(CC(C)CCC/C(C)=C\CCc1ccc2sc(C)nc2c1)C(=O)C(C)(C)C(O)CC=O. The first-order valence-corrected chi connectivity index (χ1v) is 13.7. The van der Waals surface area contributed by atoms with E-state index in [1.165, 1.54) is 15.8 Å². The lowest BCUT2D eigenvalue weighted by molar-refractivity contribution is -0.138. The number of rotatable bonds is 16. The number of benzene rings is 1. The van der Waals surface area contributed by atoms with E-state index in [2.05, 4.69) is 56.6 Å². The summed E-state index contributed by atoms with van der Waals surface area (Å²) < 4.78 is 1.25. The number of Topliss-reactive ketones (excluding diaryl/α,β-unsaturated/α-hetero) is 1. The summed E-state index contributed by atoms with van der Waals surface area (Å²) in [6.07, 6.45) is 10.5. The van der Waals surface area contributed by atoms with Crippen LogP contribution in [-0.2, 0) is 16.0 Å². The minimum absolute atomic E-state index is 0.0140. The Balaban J connectivity index is 1.80. The van der Waals surface area contributed by atoms with Crippen molar-refractivity contribution in [1.82, 2.24) is 4.98 Å². The van der Waals surface area contributed by atoms with Gasteiger partial charge in [-0.3, -0.25) is 4.79 Å². The maximum Gasteiger partial charge on any atom is 0.144 e. The smallest absolute Gasteiger partial charge is 0.144 e. The number of nitrogens with zero attached hydrogens (tertiary/aromatic N) is 1. The van der Waals surface area contributed by atoms with E-state index in [-0.39, 0.29) is 18.1 Å². The van der Waals surface area contributed by atoms with Crippen LogP contribution in [0.3, 0.4) is 0 Å². The number of aryl methyl sites for hydroxylation is 2. The van der Waals surface area contributed by atoms with Gasteiger partial charge in [0.05, 0.1) is 21.3 Å². The number of aromatic nitrogens is 1. The van der Waals surface area contributed by atoms with Crippen LogP contribution in [0.25, 0.3) is 10.2 Å². The Morgan fingerprint density at radius 2 is 2.03 bits per heavy atom. The highest BCUT2D eigenvalue weighted by Crippen LogP contribution is 2.33. The van der Waals surface area contributed by atoms with Crippen molar-refractivity contribution in [3.63, 3.8) is 0 Å². The average Bonchev–Trinajstić information content (AvgIpc) is 3.17. The van der Waals surface area contributed by atoms with E-state index < -0.39 is 11.5 Å². The van der Waals surface area contributed by atoms with E-state index in [1.807, 2.05) is 0 Å². The van der Waals surface area contributed by atoms with Crippen LogP contribution < -0.4 is 0 Å². The van der Waals surface area contributed by atoms with Crippen LogP contribution in [0.4, 0.5) is 0 Å². The molecule has 0 radical (unpaired) electrons. The Bertz CT molecular complexity index is 1020. The van der Waals surface area contributed by atoms with Crippen molar-refractivity contribution < 1.29 is 14.7 Å². The van der Waals surface area contributed by atoms with Crippen LogP contribution in [0.15, 0.2) is 42.5 Å². The molecule has 0 saturated heterocycles. The van der Waals surface area contributed by atoms with Gasteiger partial charge >= 0.3 is 0 Å². The molecule has 0 aliphatic rings. The molecule has 3 atom stereocenters. The molecule has 0 amide bonds. The fraction of sp³-hybridized carbons (Fsp3) is 0.567. The highest BCUT2D eigenvalue weighted by atomic mass is 32.1. The number of aliphatic hydroxyl groups excluding tert-OH is 1. The molecule has 0 saturated carbocycles. The Morgan fingerprint density at radius 1 is 1.29 bits per heavy atom. The molecular formula is C30H43NO3S. The summed E-state index contributed by atoms with van der Waals surface area (Å²) in [4.78, 5) is 28.6. The first-order chi connectivity index (χ1) is 16.6. The first kappa shape index (κ1) is 29.1. The van der Waals surface area contributed by atoms with Gasteiger partial charge in [-0.1, -0.05) is 51.0 Å². The van der Waals surface area contributed by atoms with Gasteiger partial charge in [-0.15, -0.1) is 17.9 Å². The molecule has 0 aliphatic carbocycles. The molecule has 1 aromatic carbocycles. The summed E-state index contributed by atoms with van der Waals surface area (Å²) in [5.74, 6) is 0.263. The number of allylic oxidation sites excluding steroid dienone is 3. The number of fused-ring (bicyclic) bond motifs is 1. The summed E-state index contributed by atoms with van der Waals surface area (Å²) in [5.41, 5.74) is 2.92. The number of hydrogen-bond acceptors (Lipinski definition) is 5. The molecule has 0 fully saturated rings. The quantitative estimate of drug-likeness (QED) is 0.194. The van der Waals surface area contributed by atoms with Gasteiger partial charge in [0.1, 0.15) is 12.1 Å². The Labute approximate surface area is 215 Å². The van der Waals surface area contributed by atoms with Crippen molar-refractivity contribution in [3.05, 3.63) is 53.1 Å². The highest BCUT2D eigenvalue weighted by Gasteiger charge is 2.39. The van der Waals surface area contributed by atoms with Gasteiger partial charge in [-0.05, 0) is 76.0 Å². The molecule has 0 aliphatic heterocycles. The van der Waals surface area contributed by atoms with Crippen LogP contribution in [-0.4, -0.2) is 28.3 Å². The third kappa shape index (κ3) is 8.80. The summed E-state index contributed by atoms with van der Waals surface area (Å²) in [7, 11) is 0. The summed E-state index contributed by atoms with van der Waals surface area (Å²) in [5, 5.41) is 11.4. The van der Waals surface area contributed by atoms with Crippen molar-refractivity contribution in [2.75, 3.05) is 0 Å². The monoisotopic (exact) mass is 497 g/mol. The van der Waals surface area contributed by atoms with Crippen LogP contribution in [0.2, 0.25) is 0 Å². The lowest BCUT2D eigenvalue weighted by Crippen LogP contribution is -2.41. The van der Waals surface area contributed by atoms with E-state index in [1.54, 1.807) is 31.3 Å². The minimum atomic E-state index is -0.949. The molecule has 35 heavy (non-hydrogen) atoms. The Kier molecular flexibility index (Phi) is 11.5. The normalized spacial score (nSPS) is 15.1. The van der Waals surface area contributed by atoms with E-state index in [9.17, 15) is 14.7 Å². The molecule has 4 nitrogen and oxygen atoms in total. The van der Waals surface area contributed by atoms with Gasteiger partial charge in [0.2, 0.25) is 0 Å². The fourth-order valence-electron chi connectivity index (χ4n) is 4.75. The molecule has 3 unspecified atom stereocenters. The molecule has 2 aromatic rings. The minimum Gasteiger partial charge on any atom is -0.392 e. The summed E-state index contributed by atoms with van der Waals surface area (Å²) in [6, 6.07) is 6.61. The molecule has 0 spiro atoms. The van der Waals surface area contributed by atoms with Crippen LogP contribution in [0.1, 0.15) is 83.2 Å². The van der Waals surface area contributed by atoms with E-state index in [4.69, 9.17) is 0 Å². The molecule has 192 valence electrons. The maximum absolute atomic E-state index is 13.2. The molecular weight excluding hydrogens is 454 g/mol. The van der Waals surface area contributed by atoms with Gasteiger partial charge < -0.3 is 9.90 Å². The zero-order valence-electron chi connectivity index (χ0n) is 22.2. The second-order valence-corrected chi connectivity index (χ2v) is 11.8. The highest BCUT2D eigenvalue weighted by molar-refractivity contribution is 7.18. The molecule has 1 aromatic heterocycles. The van der Waals surface area contributed by atoms with Crippen molar-refractivity contribution in [1.29, 1.82) is 0 Å². The predicted octanol–water partition coefficient (Wildman–Crippen LogP) is 7.42. The molecule has 5 heteroatoms. The van der Waals surface area contributed by atoms with Crippen molar-refractivity contribution in [3.8, 4) is 0 Å². The summed E-state index contributed by atoms with van der Waals surface area (Å²) in [6.45, 7) is 13.8. The molecule has 0 bridgehead atoms. The van der Waals surface area contributed by atoms with Crippen LogP contribution in [0.5, 0.6) is 0 Å². The third-order valence-electron chi connectivity index (χ3n) is 7.05. The van der Waals surface area contributed by atoms with Crippen LogP contribution >= 0.6 is 11.3 Å². The van der Waals surface area contributed by atoms with E-state index in [0.29, 0.717) is 18.6 Å². The topological polar surface area (TPSA) is 67.3 Å². The summed E-state index contributed by atoms with van der Waals surface area (Å²) >= 11 is 1.74. The van der Waals surface area contributed by atoms with Gasteiger partial charge in [-0.25, -0.2) is 4.98 Å². The lowest BCUT2D eigenvalue weighted by atomic mass is 9.72. The number of aliphatic hydroxyl groups is 1. The standard InChI is InChI=1S/C30H43NO3S/c1-7-10-25(29(34)30(5,6)28(33)17-18-32)19-22(3)13-8-11-21(2)12-9-14-24-15-16-27-26(20-24)31-23(4)35-27/h7,12,15-16,18,20,22,25,28,33H,1,8-11,13-14,17,19H2,2-6H3/b21-12-. The fourth-order valence-corrected chi connectivity index (χ4v) is 5.56. The van der Waals surface area contributed by atoms with Gasteiger partial charge in [0.15, 0.2) is 0 Å². The van der Waals surface area contributed by atoms with Crippen molar-refractivity contribution >= 4 is 33.6 Å². The van der Waals surface area contributed by atoms with Gasteiger partial charge in [-0.2, -0.15) is 0 Å². The second-order valence-electron chi connectivity index (χ2n) is 10.6. The first-order valence-electron chi connectivity index (χ1n) is 12.9. The molecule has 1 N–H and O–H groups in total. The maximum atomic E-state index is 13.2. The third-order valence-corrected chi connectivity index (χ3v) is 8.00. The largest absolute Gasteiger partial charge is 0.392 e. The van der Waals surface area contributed by atoms with Gasteiger partial charge in [0, 0.05) is 17.8 Å². The van der Waals surface area contributed by atoms with Crippen molar-refractivity contribution in [2.45, 2.75) is 92.1 Å². The second kappa shape index (κ2) is 13.8. The number of thiazole rings is 1. The number of carbonyl (C=O) groups excluding carboxylic acids is 2. The average molecular weight is 498 g/mol. The van der Waals surface area contributed by atoms with Crippen molar-refractivity contribution in [2.24, 2.45) is 17.3 Å². The van der Waals surface area contributed by atoms with E-state index >= 15 is 0 Å². The number of carbonyl (C=O) groups is 2. The number of hydrogen-bond donors (Lipinski definition) is 1.